The van der Waals surface area contributed by atoms with Crippen molar-refractivity contribution in [2.75, 3.05) is 19.6 Å². The topological polar surface area (TPSA) is 62.3 Å². The number of benzene rings is 2. The molecule has 1 aromatic heterocycles. The normalized spacial score (nSPS) is 18.1. The van der Waals surface area contributed by atoms with E-state index in [0.29, 0.717) is 43.7 Å². The van der Waals surface area contributed by atoms with Gasteiger partial charge in [0, 0.05) is 31.4 Å². The second-order valence-corrected chi connectivity index (χ2v) is 8.54. The maximum absolute atomic E-state index is 14.2. The van der Waals surface area contributed by atoms with Gasteiger partial charge in [-0.1, -0.05) is 48.5 Å². The first-order chi connectivity index (χ1) is 16.0. The molecule has 1 aliphatic heterocycles. The quantitative estimate of drug-likeness (QED) is 0.608. The van der Waals surface area contributed by atoms with Crippen LogP contribution in [-0.4, -0.2) is 41.3 Å². The van der Waals surface area contributed by atoms with E-state index in [9.17, 15) is 14.0 Å². The highest BCUT2D eigenvalue weighted by atomic mass is 19.1. The molecule has 2 aromatic carbocycles. The lowest BCUT2D eigenvalue weighted by Crippen LogP contribution is -2.54. The zero-order valence-corrected chi connectivity index (χ0v) is 18.8. The SMILES string of the molecule is CCNC(=O)[C@]1(Cc2ccc(-c3ccccc3F)cc2)CCCN(C(=O)c2ccccn2)C1. The van der Waals surface area contributed by atoms with Crippen molar-refractivity contribution in [1.29, 1.82) is 0 Å². The molecule has 170 valence electrons. The van der Waals surface area contributed by atoms with Gasteiger partial charge in [-0.2, -0.15) is 0 Å². The van der Waals surface area contributed by atoms with Crippen molar-refractivity contribution in [3.8, 4) is 11.1 Å². The van der Waals surface area contributed by atoms with E-state index in [1.54, 1.807) is 41.4 Å². The number of hydrogen-bond donors (Lipinski definition) is 1. The molecule has 1 saturated heterocycles. The Morgan fingerprint density at radius 1 is 1.06 bits per heavy atom. The van der Waals surface area contributed by atoms with Crippen LogP contribution in [0.3, 0.4) is 0 Å². The standard InChI is InChI=1S/C27H28FN3O2/c1-2-29-26(33)27(15-7-17-31(19-27)25(32)24-10-5-6-16-30-24)18-20-11-13-21(14-12-20)22-8-3-4-9-23(22)28/h3-6,8-14,16H,2,7,15,17-19H2,1H3,(H,29,33)/t27-/m0/s1. The summed E-state index contributed by atoms with van der Waals surface area (Å²) < 4.78 is 14.2. The van der Waals surface area contributed by atoms with Crippen LogP contribution in [0.25, 0.3) is 11.1 Å². The lowest BCUT2D eigenvalue weighted by Gasteiger charge is -2.41. The fourth-order valence-electron chi connectivity index (χ4n) is 4.60. The zero-order chi connectivity index (χ0) is 23.3. The van der Waals surface area contributed by atoms with Crippen LogP contribution in [0, 0.1) is 11.2 Å². The molecule has 2 heterocycles. The van der Waals surface area contributed by atoms with Gasteiger partial charge in [0.25, 0.3) is 5.91 Å². The number of amides is 2. The van der Waals surface area contributed by atoms with Crippen LogP contribution >= 0.6 is 0 Å². The highest BCUT2D eigenvalue weighted by Gasteiger charge is 2.43. The first-order valence-electron chi connectivity index (χ1n) is 11.3. The fraction of sp³-hybridized carbons (Fsp3) is 0.296. The molecular formula is C27H28FN3O2. The van der Waals surface area contributed by atoms with Gasteiger partial charge in [0.1, 0.15) is 11.5 Å². The third kappa shape index (κ3) is 4.95. The number of nitrogens with one attached hydrogen (secondary N) is 1. The number of hydrogen-bond acceptors (Lipinski definition) is 3. The third-order valence-corrected chi connectivity index (χ3v) is 6.25. The summed E-state index contributed by atoms with van der Waals surface area (Å²) in [5, 5.41) is 2.98. The number of piperidine rings is 1. The van der Waals surface area contributed by atoms with Crippen LogP contribution in [0.5, 0.6) is 0 Å². The van der Waals surface area contributed by atoms with Crippen molar-refractivity contribution in [2.45, 2.75) is 26.2 Å². The molecular weight excluding hydrogens is 417 g/mol. The van der Waals surface area contributed by atoms with Crippen LogP contribution in [0.15, 0.2) is 72.9 Å². The maximum atomic E-state index is 14.2. The average molecular weight is 446 g/mol. The summed E-state index contributed by atoms with van der Waals surface area (Å²) in [4.78, 5) is 32.2. The van der Waals surface area contributed by atoms with Gasteiger partial charge in [0.15, 0.2) is 0 Å². The molecule has 0 radical (unpaired) electrons. The summed E-state index contributed by atoms with van der Waals surface area (Å²) >= 11 is 0. The smallest absolute Gasteiger partial charge is 0.272 e. The second-order valence-electron chi connectivity index (χ2n) is 8.54. The summed E-state index contributed by atoms with van der Waals surface area (Å²) in [5.41, 5.74) is 1.98. The van der Waals surface area contributed by atoms with Gasteiger partial charge in [-0.05, 0) is 55.5 Å². The molecule has 0 aliphatic carbocycles. The largest absolute Gasteiger partial charge is 0.356 e. The monoisotopic (exact) mass is 445 g/mol. The number of pyridine rings is 1. The molecule has 0 unspecified atom stereocenters. The number of nitrogens with zero attached hydrogens (tertiary/aromatic N) is 2. The van der Waals surface area contributed by atoms with E-state index in [0.717, 1.165) is 17.5 Å². The molecule has 5 nitrogen and oxygen atoms in total. The number of carbonyl (C=O) groups excluding carboxylic acids is 2. The Balaban J connectivity index is 1.59. The van der Waals surface area contributed by atoms with Crippen molar-refractivity contribution in [3.63, 3.8) is 0 Å². The Morgan fingerprint density at radius 2 is 1.82 bits per heavy atom. The average Bonchev–Trinajstić information content (AvgIpc) is 2.85. The minimum Gasteiger partial charge on any atom is -0.356 e. The van der Waals surface area contributed by atoms with Crippen molar-refractivity contribution in [3.05, 3.63) is 90.0 Å². The number of carbonyl (C=O) groups is 2. The minimum absolute atomic E-state index is 0.0401. The molecule has 1 aliphatic rings. The molecule has 1 atom stereocenters. The van der Waals surface area contributed by atoms with E-state index < -0.39 is 5.41 Å². The summed E-state index contributed by atoms with van der Waals surface area (Å²) in [7, 11) is 0. The van der Waals surface area contributed by atoms with Crippen LogP contribution in [0.4, 0.5) is 4.39 Å². The Hall–Kier alpha value is -3.54. The van der Waals surface area contributed by atoms with Gasteiger partial charge in [-0.25, -0.2) is 4.39 Å². The summed E-state index contributed by atoms with van der Waals surface area (Å²) in [6.45, 7) is 3.36. The molecule has 1 N–H and O–H groups in total. The number of halogens is 1. The van der Waals surface area contributed by atoms with Gasteiger partial charge in [0.2, 0.25) is 5.91 Å². The molecule has 0 saturated carbocycles. The molecule has 33 heavy (non-hydrogen) atoms. The van der Waals surface area contributed by atoms with Crippen molar-refractivity contribution < 1.29 is 14.0 Å². The van der Waals surface area contributed by atoms with Crippen molar-refractivity contribution >= 4 is 11.8 Å². The molecule has 6 heteroatoms. The highest BCUT2D eigenvalue weighted by molar-refractivity contribution is 5.93. The fourth-order valence-corrected chi connectivity index (χ4v) is 4.60. The third-order valence-electron chi connectivity index (χ3n) is 6.25. The van der Waals surface area contributed by atoms with E-state index in [1.807, 2.05) is 37.3 Å². The molecule has 4 rings (SSSR count). The zero-order valence-electron chi connectivity index (χ0n) is 18.8. The summed E-state index contributed by atoms with van der Waals surface area (Å²) in [5.74, 6) is -0.458. The van der Waals surface area contributed by atoms with E-state index in [2.05, 4.69) is 10.3 Å². The predicted molar refractivity (Wildman–Crippen MR) is 126 cm³/mol. The lowest BCUT2D eigenvalue weighted by atomic mass is 9.74. The summed E-state index contributed by atoms with van der Waals surface area (Å²) in [6, 6.07) is 19.6. The van der Waals surface area contributed by atoms with Crippen LogP contribution in [-0.2, 0) is 11.2 Å². The molecule has 0 bridgehead atoms. The Labute approximate surface area is 193 Å². The molecule has 2 amide bonds. The Morgan fingerprint density at radius 3 is 2.52 bits per heavy atom. The van der Waals surface area contributed by atoms with Crippen LogP contribution in [0.1, 0.15) is 35.8 Å². The summed E-state index contributed by atoms with van der Waals surface area (Å²) in [6.07, 6.45) is 3.54. The van der Waals surface area contributed by atoms with E-state index in [4.69, 9.17) is 0 Å². The van der Waals surface area contributed by atoms with Crippen LogP contribution < -0.4 is 5.32 Å². The van der Waals surface area contributed by atoms with E-state index in [-0.39, 0.29) is 17.6 Å². The molecule has 3 aromatic rings. The maximum Gasteiger partial charge on any atom is 0.272 e. The highest BCUT2D eigenvalue weighted by Crippen LogP contribution is 2.35. The van der Waals surface area contributed by atoms with Gasteiger partial charge < -0.3 is 10.2 Å². The Bertz CT molecular complexity index is 1120. The van der Waals surface area contributed by atoms with E-state index >= 15 is 0 Å². The van der Waals surface area contributed by atoms with E-state index in [1.165, 1.54) is 6.07 Å². The van der Waals surface area contributed by atoms with Gasteiger partial charge in [0.05, 0.1) is 5.41 Å². The van der Waals surface area contributed by atoms with Crippen molar-refractivity contribution in [1.82, 2.24) is 15.2 Å². The second kappa shape index (κ2) is 9.94. The first kappa shape index (κ1) is 22.6. The molecule has 0 spiro atoms. The minimum atomic E-state index is -0.724. The van der Waals surface area contributed by atoms with Gasteiger partial charge in [-0.15, -0.1) is 0 Å². The molecule has 1 fully saturated rings. The lowest BCUT2D eigenvalue weighted by molar-refractivity contribution is -0.133. The van der Waals surface area contributed by atoms with Gasteiger partial charge >= 0.3 is 0 Å². The Kier molecular flexibility index (Phi) is 6.82. The first-order valence-corrected chi connectivity index (χ1v) is 11.3. The predicted octanol–water partition coefficient (Wildman–Crippen LogP) is 4.49. The van der Waals surface area contributed by atoms with Crippen molar-refractivity contribution in [2.24, 2.45) is 5.41 Å². The number of rotatable bonds is 6. The van der Waals surface area contributed by atoms with Gasteiger partial charge in [-0.3, -0.25) is 14.6 Å². The number of likely N-dealkylation sites (tertiary alicyclic amines) is 1. The number of aromatic nitrogens is 1. The van der Waals surface area contributed by atoms with Crippen LogP contribution in [0.2, 0.25) is 0 Å².